The van der Waals surface area contributed by atoms with E-state index in [1.165, 1.54) is 17.1 Å². The zero-order valence-corrected chi connectivity index (χ0v) is 15.5. The first kappa shape index (κ1) is 17.3. The molecule has 4 aromatic rings. The van der Waals surface area contributed by atoms with Gasteiger partial charge in [-0.05, 0) is 41.5 Å². The molecule has 0 bridgehead atoms. The molecule has 5 nitrogen and oxygen atoms in total. The van der Waals surface area contributed by atoms with Crippen molar-refractivity contribution in [2.75, 3.05) is 5.75 Å². The van der Waals surface area contributed by atoms with Gasteiger partial charge in [-0.3, -0.25) is 4.79 Å². The van der Waals surface area contributed by atoms with Gasteiger partial charge in [0.1, 0.15) is 5.52 Å². The highest BCUT2D eigenvalue weighted by molar-refractivity contribution is 7.99. The third-order valence-electron chi connectivity index (χ3n) is 4.12. The van der Waals surface area contributed by atoms with Gasteiger partial charge in [0, 0.05) is 0 Å². The third kappa shape index (κ3) is 4.01. The molecule has 0 aliphatic carbocycles. The second kappa shape index (κ2) is 7.63. The fourth-order valence-electron chi connectivity index (χ4n) is 2.70. The maximum atomic E-state index is 12.1. The summed E-state index contributed by atoms with van der Waals surface area (Å²) in [4.78, 5) is 16.4. The Labute approximate surface area is 160 Å². The fraction of sp³-hybridized carbons (Fsp3) is 0.0952. The van der Waals surface area contributed by atoms with Crippen LogP contribution >= 0.6 is 11.8 Å². The molecule has 0 atom stereocenters. The van der Waals surface area contributed by atoms with Crippen molar-refractivity contribution in [2.45, 2.75) is 12.1 Å². The number of oxazole rings is 1. The normalized spacial score (nSPS) is 11.8. The smallest absolute Gasteiger partial charge is 0.257 e. The highest BCUT2D eigenvalue weighted by Crippen LogP contribution is 2.22. The number of carbonyl (C=O) groups excluding carboxylic acids is 1. The van der Waals surface area contributed by atoms with E-state index in [4.69, 9.17) is 4.42 Å². The van der Waals surface area contributed by atoms with Crippen molar-refractivity contribution in [2.24, 2.45) is 5.10 Å². The van der Waals surface area contributed by atoms with Crippen LogP contribution in [0.4, 0.5) is 0 Å². The van der Waals surface area contributed by atoms with E-state index in [2.05, 4.69) is 39.8 Å². The number of para-hydroxylation sites is 2. The molecule has 6 heteroatoms. The predicted octanol–water partition coefficient (Wildman–Crippen LogP) is 4.61. The van der Waals surface area contributed by atoms with Gasteiger partial charge in [0.25, 0.3) is 11.1 Å². The summed E-state index contributed by atoms with van der Waals surface area (Å²) in [7, 11) is 0. The van der Waals surface area contributed by atoms with Crippen LogP contribution in [-0.4, -0.2) is 22.4 Å². The Bertz CT molecular complexity index is 1120. The number of nitrogens with one attached hydrogen (secondary N) is 1. The van der Waals surface area contributed by atoms with Crippen molar-refractivity contribution in [3.63, 3.8) is 0 Å². The van der Waals surface area contributed by atoms with Crippen molar-refractivity contribution in [1.29, 1.82) is 0 Å². The monoisotopic (exact) mass is 375 g/mol. The zero-order valence-electron chi connectivity index (χ0n) is 14.7. The molecule has 1 amide bonds. The molecule has 134 valence electrons. The highest BCUT2D eigenvalue weighted by Gasteiger charge is 2.09. The molecule has 0 radical (unpaired) electrons. The maximum Gasteiger partial charge on any atom is 0.257 e. The number of carbonyl (C=O) groups is 1. The fourth-order valence-corrected chi connectivity index (χ4v) is 3.33. The van der Waals surface area contributed by atoms with Gasteiger partial charge < -0.3 is 4.42 Å². The van der Waals surface area contributed by atoms with E-state index < -0.39 is 0 Å². The maximum absolute atomic E-state index is 12.1. The van der Waals surface area contributed by atoms with Crippen LogP contribution in [0, 0.1) is 0 Å². The minimum Gasteiger partial charge on any atom is -0.431 e. The largest absolute Gasteiger partial charge is 0.431 e. The Morgan fingerprint density at radius 1 is 1.07 bits per heavy atom. The Balaban J connectivity index is 1.38. The molecule has 0 spiro atoms. The van der Waals surface area contributed by atoms with Crippen molar-refractivity contribution < 1.29 is 9.21 Å². The van der Waals surface area contributed by atoms with Gasteiger partial charge in [0.2, 0.25) is 0 Å². The second-order valence-corrected chi connectivity index (χ2v) is 6.96. The molecule has 0 fully saturated rings. The van der Waals surface area contributed by atoms with Gasteiger partial charge in [0.15, 0.2) is 5.58 Å². The van der Waals surface area contributed by atoms with E-state index >= 15 is 0 Å². The van der Waals surface area contributed by atoms with E-state index in [0.29, 0.717) is 10.8 Å². The summed E-state index contributed by atoms with van der Waals surface area (Å²) in [5.41, 5.74) is 5.81. The average molecular weight is 375 g/mol. The summed E-state index contributed by atoms with van der Waals surface area (Å²) in [5, 5.41) is 7.00. The van der Waals surface area contributed by atoms with Gasteiger partial charge in [-0.25, -0.2) is 10.4 Å². The zero-order chi connectivity index (χ0) is 18.6. The van der Waals surface area contributed by atoms with Crippen LogP contribution in [-0.2, 0) is 4.79 Å². The number of amides is 1. The van der Waals surface area contributed by atoms with Crippen LogP contribution < -0.4 is 5.43 Å². The van der Waals surface area contributed by atoms with E-state index in [0.717, 1.165) is 22.2 Å². The van der Waals surface area contributed by atoms with Gasteiger partial charge in [0.05, 0.1) is 11.5 Å². The van der Waals surface area contributed by atoms with Gasteiger partial charge in [-0.15, -0.1) is 0 Å². The minimum absolute atomic E-state index is 0.182. The van der Waals surface area contributed by atoms with Crippen molar-refractivity contribution in [3.05, 3.63) is 72.3 Å². The lowest BCUT2D eigenvalue weighted by atomic mass is 10.0. The number of hydrogen-bond acceptors (Lipinski definition) is 5. The van der Waals surface area contributed by atoms with E-state index in [1.807, 2.05) is 49.4 Å². The molecule has 3 aromatic carbocycles. The Kier molecular flexibility index (Phi) is 4.89. The molecular weight excluding hydrogens is 358 g/mol. The summed E-state index contributed by atoms with van der Waals surface area (Å²) in [6.45, 7) is 1.87. The van der Waals surface area contributed by atoms with Crippen LogP contribution in [0.3, 0.4) is 0 Å². The summed E-state index contributed by atoms with van der Waals surface area (Å²) in [6, 6.07) is 21.8. The first-order chi connectivity index (χ1) is 13.2. The molecule has 0 saturated carbocycles. The van der Waals surface area contributed by atoms with Gasteiger partial charge in [-0.2, -0.15) is 5.10 Å². The van der Waals surface area contributed by atoms with Crippen molar-refractivity contribution >= 4 is 45.3 Å². The molecule has 0 aliphatic heterocycles. The molecule has 27 heavy (non-hydrogen) atoms. The number of nitrogens with zero attached hydrogens (tertiary/aromatic N) is 2. The molecule has 0 unspecified atom stereocenters. The van der Waals surface area contributed by atoms with Crippen LogP contribution in [0.25, 0.3) is 21.9 Å². The van der Waals surface area contributed by atoms with Crippen LogP contribution in [0.1, 0.15) is 12.5 Å². The Morgan fingerprint density at radius 3 is 2.70 bits per heavy atom. The van der Waals surface area contributed by atoms with Gasteiger partial charge in [-0.1, -0.05) is 60.3 Å². The summed E-state index contributed by atoms with van der Waals surface area (Å²) < 4.78 is 5.59. The summed E-state index contributed by atoms with van der Waals surface area (Å²) in [5.74, 6) is -0.0242. The van der Waals surface area contributed by atoms with Crippen molar-refractivity contribution in [1.82, 2.24) is 10.4 Å². The highest BCUT2D eigenvalue weighted by atomic mass is 32.2. The molecular formula is C21H17N3O2S. The predicted molar refractivity (Wildman–Crippen MR) is 109 cm³/mol. The van der Waals surface area contributed by atoms with E-state index in [9.17, 15) is 4.79 Å². The van der Waals surface area contributed by atoms with Crippen LogP contribution in [0.2, 0.25) is 0 Å². The number of rotatable bonds is 5. The Hall–Kier alpha value is -3.12. The summed E-state index contributed by atoms with van der Waals surface area (Å²) >= 11 is 1.24. The number of hydrogen-bond donors (Lipinski definition) is 1. The Morgan fingerprint density at radius 2 is 1.85 bits per heavy atom. The van der Waals surface area contributed by atoms with Crippen LogP contribution in [0.5, 0.6) is 0 Å². The van der Waals surface area contributed by atoms with Crippen molar-refractivity contribution in [3.8, 4) is 0 Å². The van der Waals surface area contributed by atoms with Crippen LogP contribution in [0.15, 0.2) is 81.5 Å². The average Bonchev–Trinajstić information content (AvgIpc) is 3.13. The first-order valence-corrected chi connectivity index (χ1v) is 9.48. The standard InChI is InChI=1S/C21H17N3O2S/c1-14(16-11-10-15-6-2-3-7-17(15)12-16)23-24-20(25)13-27-21-22-18-8-4-5-9-19(18)26-21/h2-12H,13H2,1H3,(H,24,25). The quantitative estimate of drug-likeness (QED) is 0.314. The molecule has 1 heterocycles. The van der Waals surface area contributed by atoms with Gasteiger partial charge >= 0.3 is 0 Å². The SMILES string of the molecule is CC(=NNC(=O)CSc1nc2ccccc2o1)c1ccc2ccccc2c1. The minimum atomic E-state index is -0.206. The molecule has 4 rings (SSSR count). The number of hydrazone groups is 1. The molecule has 1 N–H and O–H groups in total. The van der Waals surface area contributed by atoms with E-state index in [1.54, 1.807) is 0 Å². The number of benzene rings is 3. The number of fused-ring (bicyclic) bond motifs is 2. The molecule has 0 aliphatic rings. The summed E-state index contributed by atoms with van der Waals surface area (Å²) in [6.07, 6.45) is 0. The lowest BCUT2D eigenvalue weighted by Gasteiger charge is -2.04. The molecule has 0 saturated heterocycles. The molecule has 1 aromatic heterocycles. The second-order valence-electron chi connectivity index (χ2n) is 6.03. The lowest BCUT2D eigenvalue weighted by Crippen LogP contribution is -2.21. The van der Waals surface area contributed by atoms with E-state index in [-0.39, 0.29) is 11.7 Å². The number of aromatic nitrogens is 1. The lowest BCUT2D eigenvalue weighted by molar-refractivity contribution is -0.118. The first-order valence-electron chi connectivity index (χ1n) is 8.50. The number of thioether (sulfide) groups is 1. The third-order valence-corrected chi connectivity index (χ3v) is 4.94. The topological polar surface area (TPSA) is 67.5 Å².